The van der Waals surface area contributed by atoms with Crippen molar-refractivity contribution in [2.75, 3.05) is 0 Å². The maximum absolute atomic E-state index is 12.1. The Kier molecular flexibility index (Phi) is 4.83. The molecule has 0 aliphatic heterocycles. The molecule has 1 amide bonds. The van der Waals surface area contributed by atoms with Crippen LogP contribution in [-0.2, 0) is 9.53 Å². The molecule has 0 unspecified atom stereocenters. The van der Waals surface area contributed by atoms with Gasteiger partial charge in [0.2, 0.25) is 0 Å². The number of rotatable bonds is 6. The molecule has 2 saturated carbocycles. The summed E-state index contributed by atoms with van der Waals surface area (Å²) >= 11 is 0. The number of fused-ring (bicyclic) bond motifs is 1. The van der Waals surface area contributed by atoms with Crippen molar-refractivity contribution in [1.29, 1.82) is 0 Å². The van der Waals surface area contributed by atoms with Crippen LogP contribution in [0, 0.1) is 23.2 Å². The topological polar surface area (TPSA) is 75.6 Å². The van der Waals surface area contributed by atoms with Gasteiger partial charge in [-0.15, -0.1) is 6.58 Å². The van der Waals surface area contributed by atoms with Gasteiger partial charge in [-0.3, -0.25) is 0 Å². The number of aliphatic carboxylic acids is 1. The zero-order valence-corrected chi connectivity index (χ0v) is 13.7. The van der Waals surface area contributed by atoms with Crippen molar-refractivity contribution >= 4 is 12.1 Å². The van der Waals surface area contributed by atoms with Gasteiger partial charge in [-0.25, -0.2) is 9.59 Å². The van der Waals surface area contributed by atoms with E-state index in [0.717, 1.165) is 19.3 Å². The number of ether oxygens (including phenoxy) is 1. The molecule has 22 heavy (non-hydrogen) atoms. The second kappa shape index (κ2) is 6.31. The van der Waals surface area contributed by atoms with Crippen LogP contribution in [0.25, 0.3) is 0 Å². The van der Waals surface area contributed by atoms with Crippen molar-refractivity contribution in [1.82, 2.24) is 5.32 Å². The fraction of sp³-hybridized carbons (Fsp3) is 0.765. The highest BCUT2D eigenvalue weighted by Crippen LogP contribution is 2.57. The molecule has 0 aromatic carbocycles. The number of hydrogen-bond donors (Lipinski definition) is 2. The van der Waals surface area contributed by atoms with Crippen LogP contribution in [0.2, 0.25) is 0 Å². The monoisotopic (exact) mass is 309 g/mol. The quantitative estimate of drug-likeness (QED) is 0.739. The molecule has 0 saturated heterocycles. The van der Waals surface area contributed by atoms with Gasteiger partial charge in [0.1, 0.15) is 12.1 Å². The Morgan fingerprint density at radius 1 is 1.41 bits per heavy atom. The van der Waals surface area contributed by atoms with Gasteiger partial charge in [0.25, 0.3) is 0 Å². The van der Waals surface area contributed by atoms with E-state index in [2.05, 4.69) is 11.9 Å². The fourth-order valence-corrected chi connectivity index (χ4v) is 3.60. The predicted molar refractivity (Wildman–Crippen MR) is 83.4 cm³/mol. The second-order valence-corrected chi connectivity index (χ2v) is 7.65. The van der Waals surface area contributed by atoms with Gasteiger partial charge < -0.3 is 15.2 Å². The Morgan fingerprint density at radius 3 is 2.64 bits per heavy atom. The first-order valence-corrected chi connectivity index (χ1v) is 8.05. The third-order valence-corrected chi connectivity index (χ3v) is 4.88. The molecular formula is C17H27NO4. The Balaban J connectivity index is 1.91. The van der Waals surface area contributed by atoms with Gasteiger partial charge in [-0.1, -0.05) is 26.8 Å². The summed E-state index contributed by atoms with van der Waals surface area (Å²) in [5, 5.41) is 11.8. The van der Waals surface area contributed by atoms with E-state index < -0.39 is 23.5 Å². The molecule has 0 aromatic rings. The third kappa shape index (κ3) is 3.81. The van der Waals surface area contributed by atoms with Gasteiger partial charge in [-0.2, -0.15) is 0 Å². The van der Waals surface area contributed by atoms with Crippen molar-refractivity contribution in [3.05, 3.63) is 12.7 Å². The first kappa shape index (κ1) is 16.8. The molecule has 0 radical (unpaired) electrons. The van der Waals surface area contributed by atoms with Crippen LogP contribution in [0.3, 0.4) is 0 Å². The van der Waals surface area contributed by atoms with Crippen molar-refractivity contribution in [2.45, 2.75) is 58.6 Å². The van der Waals surface area contributed by atoms with E-state index in [1.54, 1.807) is 20.8 Å². The molecule has 124 valence electrons. The van der Waals surface area contributed by atoms with Crippen LogP contribution in [0.15, 0.2) is 12.7 Å². The number of carbonyl (C=O) groups excluding carboxylic acids is 1. The number of hydrogen-bond acceptors (Lipinski definition) is 3. The molecule has 0 heterocycles. The van der Waals surface area contributed by atoms with Gasteiger partial charge in [0.15, 0.2) is 0 Å². The zero-order chi connectivity index (χ0) is 16.5. The van der Waals surface area contributed by atoms with E-state index in [-0.39, 0.29) is 6.10 Å². The Bertz CT molecular complexity index is 454. The molecule has 5 nitrogen and oxygen atoms in total. The van der Waals surface area contributed by atoms with Crippen LogP contribution in [-0.4, -0.2) is 29.3 Å². The van der Waals surface area contributed by atoms with E-state index >= 15 is 0 Å². The minimum atomic E-state index is -1.04. The van der Waals surface area contributed by atoms with E-state index in [9.17, 15) is 14.7 Å². The number of nitrogens with one attached hydrogen (secondary N) is 1. The maximum atomic E-state index is 12.1. The van der Waals surface area contributed by atoms with Crippen LogP contribution in [0.1, 0.15) is 46.5 Å². The Morgan fingerprint density at radius 2 is 2.09 bits per heavy atom. The summed E-state index contributed by atoms with van der Waals surface area (Å²) in [6.07, 6.45) is 5.26. The summed E-state index contributed by atoms with van der Waals surface area (Å²) in [6.45, 7) is 9.09. The summed E-state index contributed by atoms with van der Waals surface area (Å²) in [5.41, 5.74) is -0.565. The largest absolute Gasteiger partial charge is 0.480 e. The van der Waals surface area contributed by atoms with Crippen LogP contribution in [0.5, 0.6) is 0 Å². The van der Waals surface area contributed by atoms with E-state index in [0.29, 0.717) is 17.8 Å². The van der Waals surface area contributed by atoms with E-state index in [1.807, 2.05) is 6.08 Å². The molecule has 2 rings (SSSR count). The SMILES string of the molecule is C=CCC[C@@H]1[C@H]2C[C@H]2C[C@H]1OC(=O)N[C@H](C(=O)O)C(C)(C)C. The summed E-state index contributed by atoms with van der Waals surface area (Å²) in [5.74, 6) is 0.717. The molecule has 0 bridgehead atoms. The number of carbonyl (C=O) groups is 2. The lowest BCUT2D eigenvalue weighted by Crippen LogP contribution is -2.50. The van der Waals surface area contributed by atoms with Crippen LogP contribution < -0.4 is 5.32 Å². The lowest BCUT2D eigenvalue weighted by molar-refractivity contribution is -0.142. The van der Waals surface area contributed by atoms with Crippen molar-refractivity contribution in [3.8, 4) is 0 Å². The molecule has 0 aromatic heterocycles. The minimum absolute atomic E-state index is 0.0851. The molecule has 2 aliphatic rings. The average molecular weight is 309 g/mol. The smallest absolute Gasteiger partial charge is 0.408 e. The molecule has 2 aliphatic carbocycles. The van der Waals surface area contributed by atoms with Gasteiger partial charge >= 0.3 is 12.1 Å². The van der Waals surface area contributed by atoms with Gasteiger partial charge in [-0.05, 0) is 48.9 Å². The highest BCUT2D eigenvalue weighted by Gasteiger charge is 2.54. The summed E-state index contributed by atoms with van der Waals surface area (Å²) in [6, 6.07) is -0.956. The lowest BCUT2D eigenvalue weighted by atomic mass is 9.87. The number of alkyl carbamates (subject to hydrolysis) is 1. The molecule has 5 heteroatoms. The fourth-order valence-electron chi connectivity index (χ4n) is 3.60. The molecule has 2 N–H and O–H groups in total. The minimum Gasteiger partial charge on any atom is -0.480 e. The summed E-state index contributed by atoms with van der Waals surface area (Å²) in [7, 11) is 0. The van der Waals surface area contributed by atoms with Crippen LogP contribution >= 0.6 is 0 Å². The Hall–Kier alpha value is -1.52. The normalized spacial score (nSPS) is 31.0. The number of allylic oxidation sites excluding steroid dienone is 1. The highest BCUT2D eigenvalue weighted by atomic mass is 16.6. The molecule has 0 spiro atoms. The van der Waals surface area contributed by atoms with E-state index in [1.165, 1.54) is 6.42 Å². The summed E-state index contributed by atoms with van der Waals surface area (Å²) < 4.78 is 5.55. The first-order valence-electron chi connectivity index (χ1n) is 8.05. The molecule has 5 atom stereocenters. The third-order valence-electron chi connectivity index (χ3n) is 4.88. The molecule has 2 fully saturated rings. The standard InChI is InChI=1S/C17H27NO4/c1-5-6-7-11-12-8-10(12)9-13(11)22-16(21)18-14(15(19)20)17(2,3)4/h5,10-14H,1,6-9H2,2-4H3,(H,18,21)(H,19,20)/t10-,11+,12-,13+,14+/m0/s1. The highest BCUT2D eigenvalue weighted by molar-refractivity contribution is 5.80. The predicted octanol–water partition coefficient (Wildman–Crippen LogP) is 3.20. The van der Waals surface area contributed by atoms with E-state index in [4.69, 9.17) is 4.74 Å². The summed E-state index contributed by atoms with van der Waals surface area (Å²) in [4.78, 5) is 23.4. The second-order valence-electron chi connectivity index (χ2n) is 7.65. The van der Waals surface area contributed by atoms with Gasteiger partial charge in [0.05, 0.1) is 0 Å². The molecular weight excluding hydrogens is 282 g/mol. The van der Waals surface area contributed by atoms with Gasteiger partial charge in [0, 0.05) is 0 Å². The zero-order valence-electron chi connectivity index (χ0n) is 13.7. The number of amides is 1. The Labute approximate surface area is 132 Å². The van der Waals surface area contributed by atoms with Crippen LogP contribution in [0.4, 0.5) is 4.79 Å². The lowest BCUT2D eigenvalue weighted by Gasteiger charge is -2.29. The maximum Gasteiger partial charge on any atom is 0.408 e. The first-order chi connectivity index (χ1) is 10.2. The van der Waals surface area contributed by atoms with Crippen molar-refractivity contribution in [3.63, 3.8) is 0 Å². The van der Waals surface area contributed by atoms with Crippen molar-refractivity contribution in [2.24, 2.45) is 23.2 Å². The average Bonchev–Trinajstić information content (AvgIpc) is 3.07. The number of carboxylic acid groups (broad SMARTS) is 1. The number of carboxylic acids is 1. The van der Waals surface area contributed by atoms with Crippen molar-refractivity contribution < 1.29 is 19.4 Å².